The molecule has 0 saturated carbocycles. The van der Waals surface area contributed by atoms with Crippen LogP contribution in [0.5, 0.6) is 17.2 Å². The van der Waals surface area contributed by atoms with Crippen LogP contribution in [0.25, 0.3) is 0 Å². The smallest absolute Gasteiger partial charge is 0.313 e. The van der Waals surface area contributed by atoms with Crippen LogP contribution in [0.2, 0.25) is 0 Å². The molecule has 0 bridgehead atoms. The number of benzene rings is 2. The summed E-state index contributed by atoms with van der Waals surface area (Å²) in [4.78, 5) is 26.5. The summed E-state index contributed by atoms with van der Waals surface area (Å²) >= 11 is 0. The highest BCUT2D eigenvalue weighted by Crippen LogP contribution is 2.33. The summed E-state index contributed by atoms with van der Waals surface area (Å²) in [6.45, 7) is 0.812. The summed E-state index contributed by atoms with van der Waals surface area (Å²) in [5.74, 6) is 0.622. The minimum atomic E-state index is -0.674. The molecule has 1 heterocycles. The van der Waals surface area contributed by atoms with Gasteiger partial charge in [0.25, 0.3) is 0 Å². The summed E-state index contributed by atoms with van der Waals surface area (Å²) in [7, 11) is 4.70. The van der Waals surface area contributed by atoms with Crippen molar-refractivity contribution in [1.82, 2.24) is 4.90 Å². The first-order chi connectivity index (χ1) is 13.0. The highest BCUT2D eigenvalue weighted by Gasteiger charge is 2.27. The number of amides is 2. The Hall–Kier alpha value is -3.22. The third-order valence-corrected chi connectivity index (χ3v) is 4.53. The molecular weight excluding hydrogens is 348 g/mol. The van der Waals surface area contributed by atoms with Crippen molar-refractivity contribution >= 4 is 17.5 Å². The first-order valence-corrected chi connectivity index (χ1v) is 8.53. The molecular formula is C20H22N2O5. The van der Waals surface area contributed by atoms with E-state index in [4.69, 9.17) is 14.2 Å². The highest BCUT2D eigenvalue weighted by atomic mass is 16.5. The van der Waals surface area contributed by atoms with Crippen molar-refractivity contribution in [2.24, 2.45) is 0 Å². The van der Waals surface area contributed by atoms with E-state index in [0.717, 1.165) is 11.1 Å². The number of rotatable bonds is 4. The van der Waals surface area contributed by atoms with Gasteiger partial charge < -0.3 is 24.4 Å². The first-order valence-electron chi connectivity index (χ1n) is 8.53. The van der Waals surface area contributed by atoms with E-state index in [0.29, 0.717) is 42.4 Å². The summed E-state index contributed by atoms with van der Waals surface area (Å²) in [6.07, 6.45) is 0.647. The molecule has 1 aliphatic heterocycles. The zero-order chi connectivity index (χ0) is 19.4. The highest BCUT2D eigenvalue weighted by molar-refractivity contribution is 6.39. The SMILES string of the molecule is COc1cccc(NC(=O)C(=O)N2CCc3cc(OC)c(OC)cc3C2)c1. The Morgan fingerprint density at radius 2 is 1.67 bits per heavy atom. The number of carbonyl (C=O) groups excluding carboxylic acids is 2. The molecule has 0 aliphatic carbocycles. The van der Waals surface area contributed by atoms with Gasteiger partial charge in [0.2, 0.25) is 0 Å². The maximum absolute atomic E-state index is 12.6. The fraction of sp³-hybridized carbons (Fsp3) is 0.300. The molecule has 0 radical (unpaired) electrons. The van der Waals surface area contributed by atoms with Crippen LogP contribution < -0.4 is 19.5 Å². The summed E-state index contributed by atoms with van der Waals surface area (Å²) in [6, 6.07) is 10.7. The lowest BCUT2D eigenvalue weighted by molar-refractivity contribution is -0.143. The number of carbonyl (C=O) groups is 2. The van der Waals surface area contributed by atoms with Crippen LogP contribution >= 0.6 is 0 Å². The molecule has 7 nitrogen and oxygen atoms in total. The number of nitrogens with zero attached hydrogens (tertiary/aromatic N) is 1. The largest absolute Gasteiger partial charge is 0.497 e. The molecule has 1 aliphatic rings. The van der Waals surface area contributed by atoms with E-state index in [1.807, 2.05) is 12.1 Å². The van der Waals surface area contributed by atoms with Gasteiger partial charge in [-0.3, -0.25) is 9.59 Å². The molecule has 0 spiro atoms. The normalized spacial score (nSPS) is 12.8. The van der Waals surface area contributed by atoms with E-state index in [1.165, 1.54) is 4.90 Å². The van der Waals surface area contributed by atoms with Gasteiger partial charge in [0.05, 0.1) is 21.3 Å². The number of anilines is 1. The molecule has 0 saturated heterocycles. The van der Waals surface area contributed by atoms with Crippen molar-refractivity contribution in [1.29, 1.82) is 0 Å². The number of ether oxygens (including phenoxy) is 3. The lowest BCUT2D eigenvalue weighted by atomic mass is 9.98. The van der Waals surface area contributed by atoms with E-state index in [9.17, 15) is 9.59 Å². The Labute approximate surface area is 157 Å². The summed E-state index contributed by atoms with van der Waals surface area (Å²) in [5, 5.41) is 2.62. The number of nitrogens with one attached hydrogen (secondary N) is 1. The molecule has 1 N–H and O–H groups in total. The second kappa shape index (κ2) is 7.99. The minimum Gasteiger partial charge on any atom is -0.497 e. The maximum atomic E-state index is 12.6. The van der Waals surface area contributed by atoms with E-state index in [1.54, 1.807) is 45.6 Å². The lowest BCUT2D eigenvalue weighted by Crippen LogP contribution is -2.42. The van der Waals surface area contributed by atoms with E-state index < -0.39 is 11.8 Å². The molecule has 3 rings (SSSR count). The standard InChI is InChI=1S/C20H22N2O5/c1-25-16-6-4-5-15(11-16)21-19(23)20(24)22-8-7-13-9-17(26-2)18(27-3)10-14(13)12-22/h4-6,9-11H,7-8,12H2,1-3H3,(H,21,23). The van der Waals surface area contributed by atoms with E-state index in [2.05, 4.69) is 5.32 Å². The van der Waals surface area contributed by atoms with E-state index in [-0.39, 0.29) is 0 Å². The van der Waals surface area contributed by atoms with Crippen LogP contribution in [0.3, 0.4) is 0 Å². The average Bonchev–Trinajstić information content (AvgIpc) is 2.71. The quantitative estimate of drug-likeness (QED) is 0.836. The van der Waals surface area contributed by atoms with Crippen LogP contribution in [0.4, 0.5) is 5.69 Å². The number of methoxy groups -OCH3 is 3. The van der Waals surface area contributed by atoms with Crippen molar-refractivity contribution in [2.45, 2.75) is 13.0 Å². The van der Waals surface area contributed by atoms with E-state index >= 15 is 0 Å². The monoisotopic (exact) mass is 370 g/mol. The van der Waals surface area contributed by atoms with Gasteiger partial charge in [-0.1, -0.05) is 6.07 Å². The fourth-order valence-corrected chi connectivity index (χ4v) is 3.09. The number of hydrogen-bond donors (Lipinski definition) is 1. The van der Waals surface area contributed by atoms with Gasteiger partial charge in [-0.15, -0.1) is 0 Å². The third-order valence-electron chi connectivity index (χ3n) is 4.53. The van der Waals surface area contributed by atoms with Crippen LogP contribution in [0, 0.1) is 0 Å². The second-order valence-corrected chi connectivity index (χ2v) is 6.14. The number of hydrogen-bond acceptors (Lipinski definition) is 5. The Bertz CT molecular complexity index is 865. The average molecular weight is 370 g/mol. The van der Waals surface area contributed by atoms with Crippen molar-refractivity contribution in [3.63, 3.8) is 0 Å². The zero-order valence-electron chi connectivity index (χ0n) is 15.6. The molecule has 0 unspecified atom stereocenters. The maximum Gasteiger partial charge on any atom is 0.313 e. The molecule has 0 aromatic heterocycles. The van der Waals surface area contributed by atoms with Gasteiger partial charge in [0.15, 0.2) is 11.5 Å². The Morgan fingerprint density at radius 1 is 0.963 bits per heavy atom. The first kappa shape index (κ1) is 18.6. The zero-order valence-corrected chi connectivity index (χ0v) is 15.6. The third kappa shape index (κ3) is 3.97. The van der Waals surface area contributed by atoms with Crippen molar-refractivity contribution in [3.05, 3.63) is 47.5 Å². The molecule has 0 fully saturated rings. The lowest BCUT2D eigenvalue weighted by Gasteiger charge is -2.29. The van der Waals surface area contributed by atoms with Crippen molar-refractivity contribution < 1.29 is 23.8 Å². The molecule has 7 heteroatoms. The van der Waals surface area contributed by atoms with Gasteiger partial charge in [0, 0.05) is 24.8 Å². The van der Waals surface area contributed by atoms with Gasteiger partial charge in [-0.2, -0.15) is 0 Å². The van der Waals surface area contributed by atoms with Gasteiger partial charge >= 0.3 is 11.8 Å². The van der Waals surface area contributed by atoms with Crippen molar-refractivity contribution in [3.8, 4) is 17.2 Å². The molecule has 27 heavy (non-hydrogen) atoms. The Morgan fingerprint density at radius 3 is 2.33 bits per heavy atom. The predicted octanol–water partition coefficient (Wildman–Crippen LogP) is 2.24. The molecule has 2 amide bonds. The predicted molar refractivity (Wildman–Crippen MR) is 100 cm³/mol. The summed E-state index contributed by atoms with van der Waals surface area (Å²) < 4.78 is 15.8. The van der Waals surface area contributed by atoms with Gasteiger partial charge in [0.1, 0.15) is 5.75 Å². The Balaban J connectivity index is 1.72. The molecule has 2 aromatic carbocycles. The van der Waals surface area contributed by atoms with Crippen molar-refractivity contribution in [2.75, 3.05) is 33.2 Å². The van der Waals surface area contributed by atoms with Crippen LogP contribution in [-0.4, -0.2) is 44.6 Å². The molecule has 0 atom stereocenters. The van der Waals surface area contributed by atoms with Crippen LogP contribution in [-0.2, 0) is 22.6 Å². The fourth-order valence-electron chi connectivity index (χ4n) is 3.09. The summed E-state index contributed by atoms with van der Waals surface area (Å²) in [5.41, 5.74) is 2.54. The molecule has 142 valence electrons. The van der Waals surface area contributed by atoms with Crippen LogP contribution in [0.1, 0.15) is 11.1 Å². The number of fused-ring (bicyclic) bond motifs is 1. The van der Waals surface area contributed by atoms with Crippen LogP contribution in [0.15, 0.2) is 36.4 Å². The Kier molecular flexibility index (Phi) is 5.49. The topological polar surface area (TPSA) is 77.1 Å². The van der Waals surface area contributed by atoms with Gasteiger partial charge in [-0.05, 0) is 41.8 Å². The minimum absolute atomic E-state index is 0.347. The second-order valence-electron chi connectivity index (χ2n) is 6.14. The van der Waals surface area contributed by atoms with Gasteiger partial charge in [-0.25, -0.2) is 0 Å². The molecule has 2 aromatic rings.